The third-order valence-electron chi connectivity index (χ3n) is 4.23. The predicted octanol–water partition coefficient (Wildman–Crippen LogP) is 3.87. The molecule has 0 radical (unpaired) electrons. The van der Waals surface area contributed by atoms with Crippen molar-refractivity contribution in [2.75, 3.05) is 17.5 Å². The molecule has 6 nitrogen and oxygen atoms in total. The average Bonchev–Trinajstić information content (AvgIpc) is 3.18. The second kappa shape index (κ2) is 5.42. The SMILES string of the molecule is COc1cc(C)c2nc(-c3ccc4c(c3)NNN4C(C)C)oc2c1. The summed E-state index contributed by atoms with van der Waals surface area (Å²) in [6.07, 6.45) is 0. The molecule has 0 atom stereocenters. The summed E-state index contributed by atoms with van der Waals surface area (Å²) in [7, 11) is 1.65. The number of oxazole rings is 1. The van der Waals surface area contributed by atoms with Gasteiger partial charge in [-0.05, 0) is 50.6 Å². The van der Waals surface area contributed by atoms with Crippen LogP contribution in [0.3, 0.4) is 0 Å². The van der Waals surface area contributed by atoms with Crippen molar-refractivity contribution in [2.24, 2.45) is 0 Å². The van der Waals surface area contributed by atoms with Gasteiger partial charge in [-0.15, -0.1) is 5.53 Å². The molecule has 0 spiro atoms. The molecule has 0 saturated carbocycles. The van der Waals surface area contributed by atoms with Gasteiger partial charge in [-0.25, -0.2) is 4.98 Å². The number of methoxy groups -OCH3 is 1. The fourth-order valence-electron chi connectivity index (χ4n) is 2.97. The van der Waals surface area contributed by atoms with Gasteiger partial charge in [-0.2, -0.15) is 0 Å². The number of ether oxygens (including phenoxy) is 1. The van der Waals surface area contributed by atoms with Crippen LogP contribution in [0.2, 0.25) is 0 Å². The lowest BCUT2D eigenvalue weighted by atomic mass is 10.1. The molecule has 1 aliphatic rings. The molecule has 0 fully saturated rings. The molecule has 0 saturated heterocycles. The quantitative estimate of drug-likeness (QED) is 0.762. The zero-order chi connectivity index (χ0) is 16.8. The molecule has 2 aromatic carbocycles. The van der Waals surface area contributed by atoms with Gasteiger partial charge in [0.2, 0.25) is 5.89 Å². The van der Waals surface area contributed by atoms with Gasteiger partial charge in [0.25, 0.3) is 0 Å². The number of hydrazine groups is 2. The number of fused-ring (bicyclic) bond motifs is 2. The highest BCUT2D eigenvalue weighted by atomic mass is 16.5. The van der Waals surface area contributed by atoms with Crippen molar-refractivity contribution in [1.29, 1.82) is 0 Å². The Kier molecular flexibility index (Phi) is 3.35. The molecule has 0 aliphatic carbocycles. The summed E-state index contributed by atoms with van der Waals surface area (Å²) in [4.78, 5) is 4.65. The van der Waals surface area contributed by atoms with Crippen molar-refractivity contribution < 1.29 is 9.15 Å². The first-order valence-corrected chi connectivity index (χ1v) is 7.97. The molecular weight excluding hydrogens is 304 g/mol. The van der Waals surface area contributed by atoms with E-state index in [1.807, 2.05) is 31.2 Å². The summed E-state index contributed by atoms with van der Waals surface area (Å²) in [6.45, 7) is 6.27. The number of aryl methyl sites for hydroxylation is 1. The Bertz CT molecular complexity index is 917. The van der Waals surface area contributed by atoms with Crippen molar-refractivity contribution in [3.63, 3.8) is 0 Å². The lowest BCUT2D eigenvalue weighted by Gasteiger charge is -2.21. The van der Waals surface area contributed by atoms with E-state index in [1.54, 1.807) is 7.11 Å². The van der Waals surface area contributed by atoms with E-state index in [-0.39, 0.29) is 0 Å². The molecular formula is C18H20N4O2. The summed E-state index contributed by atoms with van der Waals surface area (Å²) >= 11 is 0. The number of benzene rings is 2. The minimum absolute atomic E-state index is 0.351. The van der Waals surface area contributed by atoms with Crippen LogP contribution in [0.1, 0.15) is 19.4 Å². The van der Waals surface area contributed by atoms with Crippen LogP contribution >= 0.6 is 0 Å². The lowest BCUT2D eigenvalue weighted by Crippen LogP contribution is -2.41. The highest BCUT2D eigenvalue weighted by molar-refractivity contribution is 5.83. The third kappa shape index (κ3) is 2.27. The highest BCUT2D eigenvalue weighted by Crippen LogP contribution is 2.36. The summed E-state index contributed by atoms with van der Waals surface area (Å²) in [6, 6.07) is 10.3. The number of aromatic nitrogens is 1. The van der Waals surface area contributed by atoms with E-state index < -0.39 is 0 Å². The zero-order valence-corrected chi connectivity index (χ0v) is 14.2. The summed E-state index contributed by atoms with van der Waals surface area (Å²) in [5.41, 5.74) is 12.0. The Hall–Kier alpha value is -2.73. The first-order chi connectivity index (χ1) is 11.6. The van der Waals surface area contributed by atoms with Crippen molar-refractivity contribution in [1.82, 2.24) is 10.5 Å². The van der Waals surface area contributed by atoms with Crippen LogP contribution in [-0.4, -0.2) is 18.1 Å². The summed E-state index contributed by atoms with van der Waals surface area (Å²) in [5, 5.41) is 2.08. The second-order valence-electron chi connectivity index (χ2n) is 6.24. The molecule has 0 unspecified atom stereocenters. The topological polar surface area (TPSA) is 62.6 Å². The fraction of sp³-hybridized carbons (Fsp3) is 0.278. The minimum atomic E-state index is 0.351. The monoisotopic (exact) mass is 324 g/mol. The first kappa shape index (κ1) is 14.8. The zero-order valence-electron chi connectivity index (χ0n) is 14.2. The molecule has 4 rings (SSSR count). The van der Waals surface area contributed by atoms with E-state index in [0.29, 0.717) is 11.9 Å². The Morgan fingerprint density at radius 2 is 2.04 bits per heavy atom. The number of nitrogens with zero attached hydrogens (tertiary/aromatic N) is 2. The van der Waals surface area contributed by atoms with Gasteiger partial charge in [0.15, 0.2) is 5.58 Å². The number of anilines is 2. The molecule has 3 aromatic rings. The molecule has 2 N–H and O–H groups in total. The van der Waals surface area contributed by atoms with Gasteiger partial charge >= 0.3 is 0 Å². The number of nitrogens with one attached hydrogen (secondary N) is 2. The van der Waals surface area contributed by atoms with E-state index in [9.17, 15) is 0 Å². The van der Waals surface area contributed by atoms with Crippen molar-refractivity contribution in [3.8, 4) is 17.2 Å². The Morgan fingerprint density at radius 3 is 2.79 bits per heavy atom. The van der Waals surface area contributed by atoms with Crippen LogP contribution in [0.4, 0.5) is 11.4 Å². The van der Waals surface area contributed by atoms with Crippen LogP contribution in [0.15, 0.2) is 34.7 Å². The van der Waals surface area contributed by atoms with Crippen molar-refractivity contribution >= 4 is 22.5 Å². The maximum absolute atomic E-state index is 5.96. The van der Waals surface area contributed by atoms with E-state index in [0.717, 1.165) is 39.4 Å². The van der Waals surface area contributed by atoms with Crippen LogP contribution in [0, 0.1) is 6.92 Å². The molecule has 1 aromatic heterocycles. The molecule has 24 heavy (non-hydrogen) atoms. The summed E-state index contributed by atoms with van der Waals surface area (Å²) < 4.78 is 11.3. The van der Waals surface area contributed by atoms with Gasteiger partial charge in [0, 0.05) is 17.7 Å². The number of hydrogen-bond donors (Lipinski definition) is 2. The van der Waals surface area contributed by atoms with Crippen LogP contribution in [-0.2, 0) is 0 Å². The summed E-state index contributed by atoms with van der Waals surface area (Å²) in [5.74, 6) is 1.38. The lowest BCUT2D eigenvalue weighted by molar-refractivity contribution is 0.414. The second-order valence-corrected chi connectivity index (χ2v) is 6.24. The van der Waals surface area contributed by atoms with Crippen LogP contribution in [0.5, 0.6) is 5.75 Å². The smallest absolute Gasteiger partial charge is 0.227 e. The third-order valence-corrected chi connectivity index (χ3v) is 4.23. The highest BCUT2D eigenvalue weighted by Gasteiger charge is 2.22. The molecule has 124 valence electrons. The normalized spacial score (nSPS) is 13.5. The fourth-order valence-corrected chi connectivity index (χ4v) is 2.97. The van der Waals surface area contributed by atoms with E-state index in [1.165, 1.54) is 0 Å². The van der Waals surface area contributed by atoms with Crippen LogP contribution < -0.4 is 20.7 Å². The molecule has 0 amide bonds. The maximum Gasteiger partial charge on any atom is 0.227 e. The van der Waals surface area contributed by atoms with Crippen LogP contribution in [0.25, 0.3) is 22.6 Å². The molecule has 2 heterocycles. The standard InChI is InChI=1S/C18H20N4O2/c1-10(2)22-15-6-5-12(8-14(15)20-21-22)18-19-17-11(3)7-13(23-4)9-16(17)24-18/h5-10,20-21H,1-4H3. The van der Waals surface area contributed by atoms with Crippen molar-refractivity contribution in [2.45, 2.75) is 26.8 Å². The first-order valence-electron chi connectivity index (χ1n) is 7.97. The average molecular weight is 324 g/mol. The number of rotatable bonds is 3. The number of hydrogen-bond acceptors (Lipinski definition) is 6. The maximum atomic E-state index is 5.96. The minimum Gasteiger partial charge on any atom is -0.497 e. The van der Waals surface area contributed by atoms with Crippen molar-refractivity contribution in [3.05, 3.63) is 35.9 Å². The Balaban J connectivity index is 1.77. The molecule has 1 aliphatic heterocycles. The molecule has 0 bridgehead atoms. The van der Waals surface area contributed by atoms with E-state index in [4.69, 9.17) is 9.15 Å². The van der Waals surface area contributed by atoms with Gasteiger partial charge in [-0.1, -0.05) is 0 Å². The van der Waals surface area contributed by atoms with E-state index in [2.05, 4.69) is 40.9 Å². The Morgan fingerprint density at radius 1 is 1.21 bits per heavy atom. The largest absolute Gasteiger partial charge is 0.497 e. The molecule has 6 heteroatoms. The predicted molar refractivity (Wildman–Crippen MR) is 95.1 cm³/mol. The van der Waals surface area contributed by atoms with Gasteiger partial charge in [-0.3, -0.25) is 5.01 Å². The van der Waals surface area contributed by atoms with E-state index >= 15 is 0 Å². The van der Waals surface area contributed by atoms with Gasteiger partial charge < -0.3 is 14.6 Å². The van der Waals surface area contributed by atoms with Gasteiger partial charge in [0.05, 0.1) is 18.5 Å². The van der Waals surface area contributed by atoms with Gasteiger partial charge in [0.1, 0.15) is 11.3 Å². The Labute approximate surface area is 140 Å².